The van der Waals surface area contributed by atoms with Crippen LogP contribution < -0.4 is 9.64 Å². The van der Waals surface area contributed by atoms with Crippen LogP contribution in [0.4, 0.5) is 10.5 Å². The molecule has 3 saturated heterocycles. The molecule has 0 spiro atoms. The zero-order chi connectivity index (χ0) is 24.3. The molecule has 0 radical (unpaired) electrons. The predicted octanol–water partition coefficient (Wildman–Crippen LogP) is 2.96. The Bertz CT molecular complexity index is 1440. The Morgan fingerprint density at radius 3 is 2.63 bits per heavy atom. The number of urea groups is 1. The van der Waals surface area contributed by atoms with Crippen molar-refractivity contribution in [3.05, 3.63) is 65.4 Å². The number of hydrogen-bond acceptors (Lipinski definition) is 6. The second-order valence-electron chi connectivity index (χ2n) is 8.70. The van der Waals surface area contributed by atoms with Gasteiger partial charge in [0.25, 0.3) is 11.8 Å². The Hall–Kier alpha value is -4.16. The number of hydrogen-bond donors (Lipinski definition) is 0. The standard InChI is InChI=1S/C25H18ClN5O4/c26-14-5-7-16(8-6-14)35-13-22(32)29-12-15-9-20(29)23-24(33)31(25(34)30(15)23)21-11-28-19(10-27)17-3-1-2-4-18(17)21/h1-8,11,15,20,23H,9,12-13H2/t15-,20-,23-/m0/s1. The molecule has 10 heteroatoms. The summed E-state index contributed by atoms with van der Waals surface area (Å²) in [6, 6.07) is 14.0. The van der Waals surface area contributed by atoms with E-state index in [2.05, 4.69) is 4.98 Å². The molecule has 1 aromatic heterocycles. The number of nitriles is 1. The summed E-state index contributed by atoms with van der Waals surface area (Å²) < 4.78 is 5.60. The minimum atomic E-state index is -0.755. The quantitative estimate of drug-likeness (QED) is 0.524. The van der Waals surface area contributed by atoms with E-state index < -0.39 is 24.0 Å². The molecular weight excluding hydrogens is 470 g/mol. The number of aromatic nitrogens is 1. The van der Waals surface area contributed by atoms with Gasteiger partial charge < -0.3 is 14.5 Å². The molecule has 3 atom stereocenters. The van der Waals surface area contributed by atoms with Crippen molar-refractivity contribution in [2.24, 2.45) is 0 Å². The molecule has 0 unspecified atom stereocenters. The molecule has 0 N–H and O–H groups in total. The van der Waals surface area contributed by atoms with Gasteiger partial charge in [0.05, 0.1) is 24.0 Å². The molecule has 0 saturated carbocycles. The minimum Gasteiger partial charge on any atom is -0.484 e. The third-order valence-corrected chi connectivity index (χ3v) is 7.13. The van der Waals surface area contributed by atoms with Gasteiger partial charge in [0.15, 0.2) is 6.61 Å². The number of ether oxygens (including phenoxy) is 1. The van der Waals surface area contributed by atoms with Crippen LogP contribution in [-0.4, -0.2) is 63.9 Å². The number of benzene rings is 2. The lowest BCUT2D eigenvalue weighted by Crippen LogP contribution is -2.55. The molecule has 3 aliphatic rings. The number of amides is 4. The summed E-state index contributed by atoms with van der Waals surface area (Å²) in [5.74, 6) is -0.112. The maximum Gasteiger partial charge on any atom is 0.332 e. The number of halogens is 1. The van der Waals surface area contributed by atoms with Crippen molar-refractivity contribution < 1.29 is 19.1 Å². The second-order valence-corrected chi connectivity index (χ2v) is 9.14. The topological polar surface area (TPSA) is 107 Å². The lowest BCUT2D eigenvalue weighted by molar-refractivity contribution is -0.137. The molecule has 6 rings (SSSR count). The Labute approximate surface area is 205 Å². The lowest BCUT2D eigenvalue weighted by atomic mass is 10.1. The van der Waals surface area contributed by atoms with Crippen LogP contribution in [-0.2, 0) is 9.59 Å². The summed E-state index contributed by atoms with van der Waals surface area (Å²) in [7, 11) is 0. The van der Waals surface area contributed by atoms with Gasteiger partial charge >= 0.3 is 6.03 Å². The Kier molecular flexibility index (Phi) is 4.86. The minimum absolute atomic E-state index is 0.173. The van der Waals surface area contributed by atoms with Crippen molar-refractivity contribution in [2.75, 3.05) is 18.1 Å². The summed E-state index contributed by atoms with van der Waals surface area (Å²) in [6.07, 6.45) is 1.94. The number of anilines is 1. The van der Waals surface area contributed by atoms with E-state index in [-0.39, 0.29) is 24.2 Å². The number of carbonyl (C=O) groups is 3. The fourth-order valence-corrected chi connectivity index (χ4v) is 5.50. The molecule has 9 nitrogen and oxygen atoms in total. The van der Waals surface area contributed by atoms with Crippen LogP contribution in [0.5, 0.6) is 5.75 Å². The number of nitrogens with zero attached hydrogens (tertiary/aromatic N) is 5. The van der Waals surface area contributed by atoms with Crippen LogP contribution in [0.2, 0.25) is 5.02 Å². The summed E-state index contributed by atoms with van der Waals surface area (Å²) in [5.41, 5.74) is 0.564. The molecule has 3 aromatic rings. The van der Waals surface area contributed by atoms with Gasteiger partial charge in [-0.15, -0.1) is 0 Å². The van der Waals surface area contributed by atoms with Gasteiger partial charge in [-0.2, -0.15) is 5.26 Å². The first-order valence-electron chi connectivity index (χ1n) is 11.1. The Morgan fingerprint density at radius 2 is 1.89 bits per heavy atom. The van der Waals surface area contributed by atoms with Gasteiger partial charge in [0.1, 0.15) is 23.6 Å². The Balaban J connectivity index is 1.25. The highest BCUT2D eigenvalue weighted by Crippen LogP contribution is 2.43. The van der Waals surface area contributed by atoms with E-state index in [1.54, 1.807) is 58.3 Å². The smallest absolute Gasteiger partial charge is 0.332 e. The molecule has 35 heavy (non-hydrogen) atoms. The zero-order valence-electron chi connectivity index (χ0n) is 18.3. The largest absolute Gasteiger partial charge is 0.484 e. The summed E-state index contributed by atoms with van der Waals surface area (Å²) in [5, 5.41) is 11.1. The van der Waals surface area contributed by atoms with E-state index in [0.29, 0.717) is 40.2 Å². The van der Waals surface area contributed by atoms with Crippen LogP contribution >= 0.6 is 11.6 Å². The maximum atomic E-state index is 13.6. The van der Waals surface area contributed by atoms with Crippen molar-refractivity contribution >= 4 is 45.9 Å². The monoisotopic (exact) mass is 487 g/mol. The first-order valence-corrected chi connectivity index (χ1v) is 11.5. The average molecular weight is 488 g/mol. The number of fused-ring (bicyclic) bond motifs is 6. The predicted molar refractivity (Wildman–Crippen MR) is 126 cm³/mol. The van der Waals surface area contributed by atoms with E-state index in [0.717, 1.165) is 4.90 Å². The lowest BCUT2D eigenvalue weighted by Gasteiger charge is -2.34. The number of likely N-dealkylation sites (tertiary alicyclic amines) is 1. The third kappa shape index (κ3) is 3.21. The van der Waals surface area contributed by atoms with Gasteiger partial charge in [0.2, 0.25) is 0 Å². The van der Waals surface area contributed by atoms with Gasteiger partial charge in [-0.05, 0) is 30.7 Å². The molecule has 4 heterocycles. The first-order chi connectivity index (χ1) is 17.0. The highest BCUT2D eigenvalue weighted by Gasteiger charge is 2.63. The highest BCUT2D eigenvalue weighted by molar-refractivity contribution is 6.30. The average Bonchev–Trinajstić information content (AvgIpc) is 3.54. The van der Waals surface area contributed by atoms with Gasteiger partial charge in [-0.25, -0.2) is 14.7 Å². The van der Waals surface area contributed by atoms with Crippen molar-refractivity contribution in [2.45, 2.75) is 24.5 Å². The fraction of sp³-hybridized carbons (Fsp3) is 0.240. The number of rotatable bonds is 4. The van der Waals surface area contributed by atoms with Crippen LogP contribution in [0.15, 0.2) is 54.7 Å². The number of pyridine rings is 1. The first kappa shape index (κ1) is 21.4. The van der Waals surface area contributed by atoms with E-state index in [1.807, 2.05) is 6.07 Å². The molecule has 4 amide bonds. The zero-order valence-corrected chi connectivity index (χ0v) is 19.1. The molecule has 174 valence electrons. The Morgan fingerprint density at radius 1 is 1.14 bits per heavy atom. The SMILES string of the molecule is N#Cc1ncc(N2C(=O)[C@@H]3[C@@H]4C[C@@H](CN4C(=O)COc4ccc(Cl)cc4)N3C2=O)c2ccccc12. The van der Waals surface area contributed by atoms with Crippen molar-refractivity contribution in [3.63, 3.8) is 0 Å². The summed E-state index contributed by atoms with van der Waals surface area (Å²) in [6.45, 7) is 0.177. The molecule has 2 aromatic carbocycles. The van der Waals surface area contributed by atoms with E-state index in [1.165, 1.54) is 6.20 Å². The molecule has 3 aliphatic heterocycles. The number of carbonyl (C=O) groups excluding carboxylic acids is 3. The van der Waals surface area contributed by atoms with Gasteiger partial charge in [-0.1, -0.05) is 35.9 Å². The van der Waals surface area contributed by atoms with Gasteiger partial charge in [0, 0.05) is 22.3 Å². The van der Waals surface area contributed by atoms with Gasteiger partial charge in [-0.3, -0.25) is 9.59 Å². The van der Waals surface area contributed by atoms with Crippen molar-refractivity contribution in [3.8, 4) is 11.8 Å². The van der Waals surface area contributed by atoms with E-state index >= 15 is 0 Å². The van der Waals surface area contributed by atoms with Crippen molar-refractivity contribution in [1.29, 1.82) is 5.26 Å². The maximum absolute atomic E-state index is 13.6. The normalized spacial score (nSPS) is 22.6. The summed E-state index contributed by atoms with van der Waals surface area (Å²) >= 11 is 5.88. The number of piperazine rings is 1. The van der Waals surface area contributed by atoms with Crippen molar-refractivity contribution in [1.82, 2.24) is 14.8 Å². The van der Waals surface area contributed by atoms with E-state index in [4.69, 9.17) is 16.3 Å². The summed E-state index contributed by atoms with van der Waals surface area (Å²) in [4.78, 5) is 48.5. The second kappa shape index (κ2) is 7.96. The van der Waals surface area contributed by atoms with Crippen LogP contribution in [0.3, 0.4) is 0 Å². The highest BCUT2D eigenvalue weighted by atomic mass is 35.5. The van der Waals surface area contributed by atoms with E-state index in [9.17, 15) is 19.6 Å². The number of imide groups is 1. The fourth-order valence-electron chi connectivity index (χ4n) is 5.37. The molecular formula is C25H18ClN5O4. The molecule has 2 bridgehead atoms. The third-order valence-electron chi connectivity index (χ3n) is 6.88. The molecule has 3 fully saturated rings. The van der Waals surface area contributed by atoms with Crippen LogP contribution in [0.25, 0.3) is 10.8 Å². The van der Waals surface area contributed by atoms with Crippen LogP contribution in [0, 0.1) is 11.3 Å². The van der Waals surface area contributed by atoms with Crippen LogP contribution in [0.1, 0.15) is 12.1 Å². The molecule has 0 aliphatic carbocycles.